The number of benzene rings is 2. The zero-order valence-corrected chi connectivity index (χ0v) is 11.7. The summed E-state index contributed by atoms with van der Waals surface area (Å²) >= 11 is 0. The van der Waals surface area contributed by atoms with Gasteiger partial charge in [0.2, 0.25) is 0 Å². The maximum Gasteiger partial charge on any atom is 0.129 e. The van der Waals surface area contributed by atoms with Gasteiger partial charge in [0.05, 0.1) is 0 Å². The molecule has 1 N–H and O–H groups in total. The van der Waals surface area contributed by atoms with Gasteiger partial charge in [-0.3, -0.25) is 0 Å². The van der Waals surface area contributed by atoms with Crippen LogP contribution in [0.1, 0.15) is 5.56 Å². The third-order valence-corrected chi connectivity index (χ3v) is 2.79. The van der Waals surface area contributed by atoms with E-state index < -0.39 is 11.6 Å². The minimum Gasteiger partial charge on any atom is -0.490 e. The summed E-state index contributed by atoms with van der Waals surface area (Å²) in [5.74, 6) is -0.406. The highest BCUT2D eigenvalue weighted by molar-refractivity contribution is 5.33. The molecule has 3 nitrogen and oxygen atoms in total. The molecule has 0 radical (unpaired) electrons. The van der Waals surface area contributed by atoms with Gasteiger partial charge >= 0.3 is 0 Å². The van der Waals surface area contributed by atoms with Crippen molar-refractivity contribution in [1.29, 1.82) is 0 Å². The Hall–Kier alpha value is -2.14. The Morgan fingerprint density at radius 2 is 1.62 bits per heavy atom. The van der Waals surface area contributed by atoms with Gasteiger partial charge in [-0.25, -0.2) is 8.78 Å². The van der Waals surface area contributed by atoms with Crippen LogP contribution in [0.15, 0.2) is 42.5 Å². The topological polar surface area (TPSA) is 30.5 Å². The van der Waals surface area contributed by atoms with E-state index >= 15 is 0 Å². The van der Waals surface area contributed by atoms with Gasteiger partial charge in [0.15, 0.2) is 0 Å². The summed E-state index contributed by atoms with van der Waals surface area (Å²) < 4.78 is 36.9. The zero-order valence-electron chi connectivity index (χ0n) is 11.7. The maximum atomic E-state index is 13.0. The minimum atomic E-state index is -0.662. The molecule has 0 aliphatic rings. The van der Waals surface area contributed by atoms with Crippen molar-refractivity contribution in [3.8, 4) is 11.5 Å². The zero-order chi connectivity index (χ0) is 15.1. The highest BCUT2D eigenvalue weighted by atomic mass is 19.1. The van der Waals surface area contributed by atoms with E-state index in [1.165, 1.54) is 0 Å². The van der Waals surface area contributed by atoms with Gasteiger partial charge in [0.1, 0.15) is 36.3 Å². The fourth-order valence-corrected chi connectivity index (χ4v) is 1.90. The normalized spacial score (nSPS) is 10.4. The molecule has 0 saturated heterocycles. The molecule has 2 rings (SSSR count). The van der Waals surface area contributed by atoms with Gasteiger partial charge in [-0.2, -0.15) is 0 Å². The number of rotatable bonds is 7. The third kappa shape index (κ3) is 4.72. The van der Waals surface area contributed by atoms with Crippen LogP contribution >= 0.6 is 0 Å². The fourth-order valence-electron chi connectivity index (χ4n) is 1.90. The van der Waals surface area contributed by atoms with Gasteiger partial charge in [-0.15, -0.1) is 0 Å². The van der Waals surface area contributed by atoms with Gasteiger partial charge in [-0.05, 0) is 13.1 Å². The van der Waals surface area contributed by atoms with Crippen LogP contribution in [0.25, 0.3) is 0 Å². The quantitative estimate of drug-likeness (QED) is 0.796. The molecular formula is C16H17F2NO2. The molecule has 0 bridgehead atoms. The monoisotopic (exact) mass is 293 g/mol. The second kappa shape index (κ2) is 7.59. The Bertz CT molecular complexity index is 570. The van der Waals surface area contributed by atoms with Crippen molar-refractivity contribution in [1.82, 2.24) is 5.32 Å². The van der Waals surface area contributed by atoms with Crippen LogP contribution in [0.5, 0.6) is 11.5 Å². The van der Waals surface area contributed by atoms with Crippen LogP contribution in [-0.2, 0) is 6.54 Å². The number of para-hydroxylation sites is 1. The van der Waals surface area contributed by atoms with E-state index in [1.54, 1.807) is 0 Å². The number of hydrogen-bond acceptors (Lipinski definition) is 3. The summed E-state index contributed by atoms with van der Waals surface area (Å²) in [6, 6.07) is 10.7. The van der Waals surface area contributed by atoms with E-state index in [9.17, 15) is 8.78 Å². The number of halogens is 2. The summed E-state index contributed by atoms with van der Waals surface area (Å²) in [6.07, 6.45) is 0. The first-order valence-electron chi connectivity index (χ1n) is 6.63. The minimum absolute atomic E-state index is 0.152. The molecule has 0 aromatic heterocycles. The first-order valence-corrected chi connectivity index (χ1v) is 6.63. The van der Waals surface area contributed by atoms with Gasteiger partial charge < -0.3 is 14.8 Å². The van der Waals surface area contributed by atoms with E-state index in [0.717, 1.165) is 29.5 Å². The lowest BCUT2D eigenvalue weighted by molar-refractivity contribution is 0.214. The fraction of sp³-hybridized carbons (Fsp3) is 0.250. The van der Waals surface area contributed by atoms with Crippen molar-refractivity contribution in [3.63, 3.8) is 0 Å². The molecule has 112 valence electrons. The van der Waals surface area contributed by atoms with E-state index in [0.29, 0.717) is 13.2 Å². The molecule has 0 unspecified atom stereocenters. The molecule has 2 aromatic rings. The molecule has 5 heteroatoms. The maximum absolute atomic E-state index is 13.0. The molecule has 0 heterocycles. The predicted octanol–water partition coefficient (Wildman–Crippen LogP) is 3.14. The van der Waals surface area contributed by atoms with E-state index in [-0.39, 0.29) is 12.4 Å². The second-order valence-electron chi connectivity index (χ2n) is 4.44. The van der Waals surface area contributed by atoms with Gasteiger partial charge in [0, 0.05) is 30.3 Å². The van der Waals surface area contributed by atoms with Crippen LogP contribution in [0, 0.1) is 11.6 Å². The molecule has 21 heavy (non-hydrogen) atoms. The third-order valence-electron chi connectivity index (χ3n) is 2.79. The SMILES string of the molecule is CNCc1ccccc1OCCOc1cc(F)cc(F)c1. The number of hydrogen-bond donors (Lipinski definition) is 1. The van der Waals surface area contributed by atoms with Crippen molar-refractivity contribution < 1.29 is 18.3 Å². The van der Waals surface area contributed by atoms with Crippen molar-refractivity contribution in [3.05, 3.63) is 59.7 Å². The Labute approximate surface area is 122 Å². The molecule has 0 amide bonds. The highest BCUT2D eigenvalue weighted by Gasteiger charge is 2.03. The van der Waals surface area contributed by atoms with Gasteiger partial charge in [-0.1, -0.05) is 18.2 Å². The van der Waals surface area contributed by atoms with E-state index in [1.807, 2.05) is 31.3 Å². The van der Waals surface area contributed by atoms with Gasteiger partial charge in [0.25, 0.3) is 0 Å². The summed E-state index contributed by atoms with van der Waals surface area (Å²) in [7, 11) is 1.86. The Morgan fingerprint density at radius 1 is 0.952 bits per heavy atom. The average Bonchev–Trinajstić information content (AvgIpc) is 2.44. The summed E-state index contributed by atoms with van der Waals surface area (Å²) in [5, 5.41) is 3.06. The standard InChI is InChI=1S/C16H17F2NO2/c1-19-11-12-4-2-3-5-16(12)21-7-6-20-15-9-13(17)8-14(18)10-15/h2-5,8-10,19H,6-7,11H2,1H3. The first kappa shape index (κ1) is 15.3. The highest BCUT2D eigenvalue weighted by Crippen LogP contribution is 2.18. The number of nitrogens with one attached hydrogen (secondary N) is 1. The van der Waals surface area contributed by atoms with Crippen LogP contribution in [-0.4, -0.2) is 20.3 Å². The van der Waals surface area contributed by atoms with E-state index in [4.69, 9.17) is 9.47 Å². The number of ether oxygens (including phenoxy) is 2. The van der Waals surface area contributed by atoms with Crippen LogP contribution in [0.2, 0.25) is 0 Å². The Balaban J connectivity index is 1.84. The molecule has 0 spiro atoms. The molecule has 2 aromatic carbocycles. The molecule has 0 saturated carbocycles. The summed E-state index contributed by atoms with van der Waals surface area (Å²) in [5.41, 5.74) is 1.04. The second-order valence-corrected chi connectivity index (χ2v) is 4.44. The lowest BCUT2D eigenvalue weighted by Gasteiger charge is -2.12. The summed E-state index contributed by atoms with van der Waals surface area (Å²) in [4.78, 5) is 0. The predicted molar refractivity (Wildman–Crippen MR) is 76.6 cm³/mol. The molecule has 0 aliphatic heterocycles. The van der Waals surface area contributed by atoms with Crippen LogP contribution in [0.4, 0.5) is 8.78 Å². The molecular weight excluding hydrogens is 276 g/mol. The summed E-state index contributed by atoms with van der Waals surface area (Å²) in [6.45, 7) is 1.20. The average molecular weight is 293 g/mol. The molecule has 0 atom stereocenters. The van der Waals surface area contributed by atoms with Crippen molar-refractivity contribution in [2.24, 2.45) is 0 Å². The molecule has 0 fully saturated rings. The lowest BCUT2D eigenvalue weighted by atomic mass is 10.2. The van der Waals surface area contributed by atoms with Crippen molar-refractivity contribution in [2.45, 2.75) is 6.54 Å². The molecule has 0 aliphatic carbocycles. The van der Waals surface area contributed by atoms with Crippen LogP contribution in [0.3, 0.4) is 0 Å². The Morgan fingerprint density at radius 3 is 2.33 bits per heavy atom. The largest absolute Gasteiger partial charge is 0.490 e. The Kier molecular flexibility index (Phi) is 5.51. The van der Waals surface area contributed by atoms with E-state index in [2.05, 4.69) is 5.32 Å². The van der Waals surface area contributed by atoms with Crippen LogP contribution < -0.4 is 14.8 Å². The van der Waals surface area contributed by atoms with Crippen molar-refractivity contribution >= 4 is 0 Å². The van der Waals surface area contributed by atoms with Crippen molar-refractivity contribution in [2.75, 3.05) is 20.3 Å². The first-order chi connectivity index (χ1) is 10.2. The lowest BCUT2D eigenvalue weighted by Crippen LogP contribution is -2.12. The smallest absolute Gasteiger partial charge is 0.129 e.